The molecular formula is C32H41N3O4S. The number of carbonyl (C=O) groups is 2. The van der Waals surface area contributed by atoms with Crippen LogP contribution in [0.15, 0.2) is 77.7 Å². The first-order valence-electron chi connectivity index (χ1n) is 13.6. The van der Waals surface area contributed by atoms with Gasteiger partial charge in [0.15, 0.2) is 0 Å². The van der Waals surface area contributed by atoms with Gasteiger partial charge in [-0.2, -0.15) is 0 Å². The number of sulfonamides is 1. The van der Waals surface area contributed by atoms with Crippen LogP contribution in [0.3, 0.4) is 0 Å². The standard InChI is InChI=1S/C32H41N3O4S/c1-8-27-14-9-10-15-29(27)35(40(38,39)28-18-16-23(2)17-19-28)22-30(36)34(21-26-13-11-12-24(3)20-26)25(4)31(37)33-32(5,6)7/h9-20,25H,8,21-22H2,1-7H3,(H,33,37)/t25-/m1/s1. The molecule has 0 unspecified atom stereocenters. The van der Waals surface area contributed by atoms with E-state index < -0.39 is 34.1 Å². The molecule has 0 saturated carbocycles. The van der Waals surface area contributed by atoms with Crippen LogP contribution in [-0.2, 0) is 32.6 Å². The van der Waals surface area contributed by atoms with Crippen molar-refractivity contribution < 1.29 is 18.0 Å². The van der Waals surface area contributed by atoms with Crippen molar-refractivity contribution in [3.8, 4) is 0 Å². The van der Waals surface area contributed by atoms with Gasteiger partial charge in [-0.1, -0.05) is 72.6 Å². The summed E-state index contributed by atoms with van der Waals surface area (Å²) in [6.07, 6.45) is 0.585. The van der Waals surface area contributed by atoms with E-state index in [-0.39, 0.29) is 17.3 Å². The molecule has 40 heavy (non-hydrogen) atoms. The molecular weight excluding hydrogens is 522 g/mol. The normalized spacial score (nSPS) is 12.5. The Bertz CT molecular complexity index is 1440. The lowest BCUT2D eigenvalue weighted by molar-refractivity contribution is -0.140. The van der Waals surface area contributed by atoms with E-state index >= 15 is 0 Å². The molecule has 0 aliphatic heterocycles. The number of hydrogen-bond donors (Lipinski definition) is 1. The molecule has 0 aromatic heterocycles. The van der Waals surface area contributed by atoms with E-state index in [0.29, 0.717) is 12.1 Å². The third kappa shape index (κ3) is 7.72. The Morgan fingerprint density at radius 2 is 1.55 bits per heavy atom. The molecule has 2 amide bonds. The molecule has 0 heterocycles. The zero-order valence-electron chi connectivity index (χ0n) is 24.6. The molecule has 0 spiro atoms. The van der Waals surface area contributed by atoms with Crippen LogP contribution >= 0.6 is 0 Å². The maximum absolute atomic E-state index is 14.1. The molecule has 0 radical (unpaired) electrons. The van der Waals surface area contributed by atoms with E-state index in [9.17, 15) is 18.0 Å². The van der Waals surface area contributed by atoms with Crippen molar-refractivity contribution in [3.05, 3.63) is 95.1 Å². The zero-order chi connectivity index (χ0) is 29.7. The number of carbonyl (C=O) groups excluding carboxylic acids is 2. The Morgan fingerprint density at radius 3 is 2.15 bits per heavy atom. The van der Waals surface area contributed by atoms with Gasteiger partial charge in [0, 0.05) is 12.1 Å². The van der Waals surface area contributed by atoms with E-state index in [1.54, 1.807) is 43.3 Å². The summed E-state index contributed by atoms with van der Waals surface area (Å²) in [4.78, 5) is 28.9. The molecule has 7 nitrogen and oxygen atoms in total. The molecule has 0 aliphatic rings. The second-order valence-electron chi connectivity index (χ2n) is 11.2. The number of para-hydroxylation sites is 1. The van der Waals surface area contributed by atoms with Crippen molar-refractivity contribution >= 4 is 27.5 Å². The van der Waals surface area contributed by atoms with Crippen LogP contribution in [0.4, 0.5) is 5.69 Å². The Balaban J connectivity index is 2.08. The second-order valence-corrected chi connectivity index (χ2v) is 13.1. The van der Waals surface area contributed by atoms with E-state index in [1.165, 1.54) is 9.21 Å². The third-order valence-corrected chi connectivity index (χ3v) is 8.40. The minimum absolute atomic E-state index is 0.0977. The van der Waals surface area contributed by atoms with Crippen LogP contribution in [0, 0.1) is 13.8 Å². The van der Waals surface area contributed by atoms with Gasteiger partial charge in [-0.05, 0) is 77.3 Å². The molecule has 3 aromatic rings. The minimum Gasteiger partial charge on any atom is -0.350 e. The fraction of sp³-hybridized carbons (Fsp3) is 0.375. The number of anilines is 1. The molecule has 1 N–H and O–H groups in total. The summed E-state index contributed by atoms with van der Waals surface area (Å²) in [7, 11) is -4.10. The monoisotopic (exact) mass is 563 g/mol. The summed E-state index contributed by atoms with van der Waals surface area (Å²) in [5, 5.41) is 2.95. The fourth-order valence-corrected chi connectivity index (χ4v) is 5.92. The summed E-state index contributed by atoms with van der Waals surface area (Å²) in [6.45, 7) is 12.8. The molecule has 0 fully saturated rings. The predicted molar refractivity (Wildman–Crippen MR) is 161 cm³/mol. The number of nitrogens with zero attached hydrogens (tertiary/aromatic N) is 2. The highest BCUT2D eigenvalue weighted by Crippen LogP contribution is 2.28. The van der Waals surface area contributed by atoms with Gasteiger partial charge in [-0.3, -0.25) is 13.9 Å². The topological polar surface area (TPSA) is 86.8 Å². The molecule has 3 aromatic carbocycles. The van der Waals surface area contributed by atoms with Crippen molar-refractivity contribution in [2.24, 2.45) is 0 Å². The van der Waals surface area contributed by atoms with Gasteiger partial charge in [-0.25, -0.2) is 8.42 Å². The first kappa shape index (κ1) is 30.9. The highest BCUT2D eigenvalue weighted by Gasteiger charge is 2.34. The van der Waals surface area contributed by atoms with Crippen molar-refractivity contribution in [1.82, 2.24) is 10.2 Å². The average Bonchev–Trinajstić information content (AvgIpc) is 2.89. The van der Waals surface area contributed by atoms with E-state index in [1.807, 2.05) is 77.9 Å². The van der Waals surface area contributed by atoms with Gasteiger partial charge in [0.25, 0.3) is 10.0 Å². The molecule has 8 heteroatoms. The van der Waals surface area contributed by atoms with Gasteiger partial charge in [0.1, 0.15) is 12.6 Å². The quantitative estimate of drug-likeness (QED) is 0.358. The summed E-state index contributed by atoms with van der Waals surface area (Å²) in [5.74, 6) is -0.782. The lowest BCUT2D eigenvalue weighted by Gasteiger charge is -2.34. The van der Waals surface area contributed by atoms with Gasteiger partial charge >= 0.3 is 0 Å². The molecule has 0 aliphatic carbocycles. The minimum atomic E-state index is -4.10. The van der Waals surface area contributed by atoms with E-state index in [0.717, 1.165) is 22.3 Å². The van der Waals surface area contributed by atoms with E-state index in [4.69, 9.17) is 0 Å². The average molecular weight is 564 g/mol. The SMILES string of the molecule is CCc1ccccc1N(CC(=O)N(Cc1cccc(C)c1)[C@H](C)C(=O)NC(C)(C)C)S(=O)(=O)c1ccc(C)cc1. The Morgan fingerprint density at radius 1 is 0.900 bits per heavy atom. The zero-order valence-corrected chi connectivity index (χ0v) is 25.4. The van der Waals surface area contributed by atoms with E-state index in [2.05, 4.69) is 5.32 Å². The number of hydrogen-bond acceptors (Lipinski definition) is 4. The van der Waals surface area contributed by atoms with Crippen LogP contribution in [-0.4, -0.2) is 43.3 Å². The number of nitrogens with one attached hydrogen (secondary N) is 1. The van der Waals surface area contributed by atoms with Crippen LogP contribution in [0.1, 0.15) is 56.9 Å². The van der Waals surface area contributed by atoms with Gasteiger partial charge in [-0.15, -0.1) is 0 Å². The summed E-state index contributed by atoms with van der Waals surface area (Å²) >= 11 is 0. The molecule has 1 atom stereocenters. The molecule has 3 rings (SSSR count). The van der Waals surface area contributed by atoms with Gasteiger partial charge in [0.2, 0.25) is 11.8 Å². The lowest BCUT2D eigenvalue weighted by Crippen LogP contribution is -2.54. The Labute approximate surface area is 239 Å². The second kappa shape index (κ2) is 12.7. The molecule has 0 bridgehead atoms. The first-order chi connectivity index (χ1) is 18.7. The van der Waals surface area contributed by atoms with Crippen LogP contribution in [0.5, 0.6) is 0 Å². The third-order valence-electron chi connectivity index (χ3n) is 6.63. The maximum atomic E-state index is 14.1. The number of benzene rings is 3. The van der Waals surface area contributed by atoms with Crippen LogP contribution < -0.4 is 9.62 Å². The number of rotatable bonds is 10. The first-order valence-corrected chi connectivity index (χ1v) is 15.0. The van der Waals surface area contributed by atoms with Gasteiger partial charge in [0.05, 0.1) is 10.6 Å². The van der Waals surface area contributed by atoms with Crippen molar-refractivity contribution in [3.63, 3.8) is 0 Å². The van der Waals surface area contributed by atoms with Crippen LogP contribution in [0.25, 0.3) is 0 Å². The number of amides is 2. The summed E-state index contributed by atoms with van der Waals surface area (Å²) in [6, 6.07) is 20.7. The molecule has 0 saturated heterocycles. The largest absolute Gasteiger partial charge is 0.350 e. The smallest absolute Gasteiger partial charge is 0.264 e. The number of aryl methyl sites for hydroxylation is 3. The van der Waals surface area contributed by atoms with Gasteiger partial charge < -0.3 is 10.2 Å². The Kier molecular flexibility index (Phi) is 9.79. The van der Waals surface area contributed by atoms with Crippen LogP contribution in [0.2, 0.25) is 0 Å². The highest BCUT2D eigenvalue weighted by molar-refractivity contribution is 7.92. The lowest BCUT2D eigenvalue weighted by atomic mass is 10.1. The predicted octanol–water partition coefficient (Wildman–Crippen LogP) is 5.39. The van der Waals surface area contributed by atoms with Crippen molar-refractivity contribution in [2.45, 2.75) is 77.9 Å². The van der Waals surface area contributed by atoms with Crippen molar-refractivity contribution in [2.75, 3.05) is 10.8 Å². The Hall–Kier alpha value is -3.65. The highest BCUT2D eigenvalue weighted by atomic mass is 32.2. The summed E-state index contributed by atoms with van der Waals surface area (Å²) < 4.78 is 29.3. The summed E-state index contributed by atoms with van der Waals surface area (Å²) in [5.41, 5.74) is 3.56. The fourth-order valence-electron chi connectivity index (χ4n) is 4.47. The molecule has 214 valence electrons. The van der Waals surface area contributed by atoms with Crippen molar-refractivity contribution in [1.29, 1.82) is 0 Å². The maximum Gasteiger partial charge on any atom is 0.264 e.